The maximum absolute atomic E-state index is 4.35. The fraction of sp³-hybridized carbons (Fsp3) is 0.688. The topological polar surface area (TPSA) is 42.9 Å². The molecule has 4 rings (SSSR count). The van der Waals surface area contributed by atoms with Crippen LogP contribution in [0.1, 0.15) is 18.4 Å². The van der Waals surface area contributed by atoms with E-state index in [1.165, 1.54) is 38.3 Å². The molecule has 0 radical (unpaired) electrons. The maximum Gasteiger partial charge on any atom is 0.191 e. The summed E-state index contributed by atoms with van der Waals surface area (Å²) in [6, 6.07) is 2.82. The normalized spacial score (nSPS) is 29.4. The van der Waals surface area contributed by atoms with Crippen molar-refractivity contribution in [3.8, 4) is 0 Å². The lowest BCUT2D eigenvalue weighted by Gasteiger charge is -2.47. The van der Waals surface area contributed by atoms with Crippen molar-refractivity contribution < 1.29 is 0 Å². The quantitative estimate of drug-likeness (QED) is 0.628. The molecule has 3 aliphatic heterocycles. The fourth-order valence-electron chi connectivity index (χ4n) is 3.28. The number of thiophene rings is 1. The van der Waals surface area contributed by atoms with Gasteiger partial charge in [-0.2, -0.15) is 11.3 Å². The molecule has 2 unspecified atom stereocenters. The molecular formula is C16H27N5S. The molecule has 22 heavy (non-hydrogen) atoms. The van der Waals surface area contributed by atoms with E-state index >= 15 is 0 Å². The lowest BCUT2D eigenvalue weighted by molar-refractivity contribution is 0.0154. The van der Waals surface area contributed by atoms with E-state index in [2.05, 4.69) is 49.2 Å². The number of aliphatic imine (C=N–C) groups is 1. The Morgan fingerprint density at radius 3 is 2.77 bits per heavy atom. The van der Waals surface area contributed by atoms with E-state index in [4.69, 9.17) is 0 Å². The molecule has 2 N–H and O–H groups in total. The van der Waals surface area contributed by atoms with Crippen LogP contribution in [0.25, 0.3) is 0 Å². The minimum atomic E-state index is 0.505. The van der Waals surface area contributed by atoms with Gasteiger partial charge in [-0.15, -0.1) is 0 Å². The van der Waals surface area contributed by atoms with Gasteiger partial charge in [0.15, 0.2) is 5.96 Å². The third-order valence-electron chi connectivity index (χ3n) is 4.81. The van der Waals surface area contributed by atoms with Crippen LogP contribution >= 0.6 is 11.3 Å². The summed E-state index contributed by atoms with van der Waals surface area (Å²) in [7, 11) is 1.85. The van der Waals surface area contributed by atoms with Crippen LogP contribution in [-0.4, -0.2) is 74.7 Å². The van der Waals surface area contributed by atoms with Crippen LogP contribution < -0.4 is 10.6 Å². The Balaban J connectivity index is 1.42. The molecule has 3 fully saturated rings. The van der Waals surface area contributed by atoms with Gasteiger partial charge in [0.05, 0.1) is 0 Å². The monoisotopic (exact) mass is 321 g/mol. The summed E-state index contributed by atoms with van der Waals surface area (Å²) in [5, 5.41) is 11.3. The van der Waals surface area contributed by atoms with Gasteiger partial charge in [-0.1, -0.05) is 6.92 Å². The van der Waals surface area contributed by atoms with E-state index in [1.807, 2.05) is 7.05 Å². The zero-order valence-electron chi connectivity index (χ0n) is 13.6. The van der Waals surface area contributed by atoms with Crippen LogP contribution in [0, 0.1) is 0 Å². The molecule has 6 heteroatoms. The summed E-state index contributed by atoms with van der Waals surface area (Å²) in [4.78, 5) is 9.53. The molecule has 0 aromatic carbocycles. The Kier molecular flexibility index (Phi) is 5.33. The summed E-state index contributed by atoms with van der Waals surface area (Å²) < 4.78 is 0. The zero-order valence-corrected chi connectivity index (χ0v) is 14.4. The Labute approximate surface area is 137 Å². The minimum Gasteiger partial charge on any atom is -0.356 e. The number of piperazine rings is 3. The summed E-state index contributed by atoms with van der Waals surface area (Å²) in [6.07, 6.45) is 0. The van der Waals surface area contributed by atoms with Crippen LogP contribution in [-0.2, 0) is 0 Å². The van der Waals surface area contributed by atoms with E-state index < -0.39 is 0 Å². The average molecular weight is 321 g/mol. The van der Waals surface area contributed by atoms with E-state index in [9.17, 15) is 0 Å². The second-order valence-corrected chi connectivity index (χ2v) is 7.06. The highest BCUT2D eigenvalue weighted by atomic mass is 32.1. The Bertz CT molecular complexity index is 479. The average Bonchev–Trinajstić information content (AvgIpc) is 3.10. The Hall–Kier alpha value is -1.11. The van der Waals surface area contributed by atoms with Crippen molar-refractivity contribution in [3.63, 3.8) is 0 Å². The lowest BCUT2D eigenvalue weighted by atomic mass is 10.1. The molecule has 0 amide bonds. The maximum atomic E-state index is 4.35. The first-order valence-electron chi connectivity index (χ1n) is 8.19. The largest absolute Gasteiger partial charge is 0.356 e. The highest BCUT2D eigenvalue weighted by molar-refractivity contribution is 7.07. The van der Waals surface area contributed by atoms with Crippen LogP contribution in [0.3, 0.4) is 0 Å². The summed E-state index contributed by atoms with van der Waals surface area (Å²) in [6.45, 7) is 10.2. The first-order chi connectivity index (χ1) is 10.8. The molecule has 2 atom stereocenters. The van der Waals surface area contributed by atoms with Crippen molar-refractivity contribution >= 4 is 17.3 Å². The van der Waals surface area contributed by atoms with Gasteiger partial charge in [0.25, 0.3) is 0 Å². The lowest BCUT2D eigenvalue weighted by Crippen LogP contribution is -2.63. The van der Waals surface area contributed by atoms with Crippen LogP contribution in [0.5, 0.6) is 0 Å². The number of nitrogens with one attached hydrogen (secondary N) is 2. The van der Waals surface area contributed by atoms with Gasteiger partial charge in [-0.05, 0) is 28.3 Å². The van der Waals surface area contributed by atoms with Crippen molar-refractivity contribution in [1.29, 1.82) is 0 Å². The number of fused-ring (bicyclic) bond motifs is 3. The number of hydrogen-bond donors (Lipinski definition) is 2. The van der Waals surface area contributed by atoms with Gasteiger partial charge in [0.2, 0.25) is 0 Å². The van der Waals surface area contributed by atoms with Crippen molar-refractivity contribution in [2.24, 2.45) is 4.99 Å². The Morgan fingerprint density at radius 1 is 1.36 bits per heavy atom. The predicted octanol–water partition coefficient (Wildman–Crippen LogP) is 1.02. The molecule has 3 saturated heterocycles. The molecular weight excluding hydrogens is 294 g/mol. The van der Waals surface area contributed by atoms with Gasteiger partial charge in [0, 0.05) is 58.9 Å². The van der Waals surface area contributed by atoms with Crippen molar-refractivity contribution in [1.82, 2.24) is 20.4 Å². The van der Waals surface area contributed by atoms with E-state index in [0.717, 1.165) is 19.0 Å². The fourth-order valence-corrected chi connectivity index (χ4v) is 4.06. The Morgan fingerprint density at radius 2 is 2.18 bits per heavy atom. The van der Waals surface area contributed by atoms with Crippen LogP contribution in [0.4, 0.5) is 0 Å². The minimum absolute atomic E-state index is 0.505. The number of rotatable bonds is 5. The SMILES string of the molecule is CN=C(NCC(C)c1ccsc1)NCC1CN2CCN1CC2. The van der Waals surface area contributed by atoms with Gasteiger partial charge in [-0.3, -0.25) is 14.8 Å². The van der Waals surface area contributed by atoms with Crippen LogP contribution in [0.2, 0.25) is 0 Å². The van der Waals surface area contributed by atoms with Gasteiger partial charge in [0.1, 0.15) is 0 Å². The van der Waals surface area contributed by atoms with E-state index in [1.54, 1.807) is 11.3 Å². The summed E-state index contributed by atoms with van der Waals surface area (Å²) >= 11 is 1.76. The molecule has 0 aliphatic carbocycles. The first kappa shape index (κ1) is 15.8. The molecule has 1 aromatic rings. The third kappa shape index (κ3) is 3.80. The van der Waals surface area contributed by atoms with Gasteiger partial charge < -0.3 is 10.6 Å². The third-order valence-corrected chi connectivity index (χ3v) is 5.51. The number of nitrogens with zero attached hydrogens (tertiary/aromatic N) is 3. The number of guanidine groups is 1. The molecule has 122 valence electrons. The van der Waals surface area contributed by atoms with E-state index in [0.29, 0.717) is 12.0 Å². The molecule has 0 spiro atoms. The van der Waals surface area contributed by atoms with Crippen molar-refractivity contribution in [2.45, 2.75) is 18.9 Å². The molecule has 1 aromatic heterocycles. The highest BCUT2D eigenvalue weighted by Crippen LogP contribution is 2.17. The summed E-state index contributed by atoms with van der Waals surface area (Å²) in [5.74, 6) is 1.42. The molecule has 5 nitrogen and oxygen atoms in total. The van der Waals surface area contributed by atoms with Crippen molar-refractivity contribution in [2.75, 3.05) is 52.9 Å². The number of hydrogen-bond acceptors (Lipinski definition) is 4. The second-order valence-electron chi connectivity index (χ2n) is 6.28. The van der Waals surface area contributed by atoms with Gasteiger partial charge in [-0.25, -0.2) is 0 Å². The highest BCUT2D eigenvalue weighted by Gasteiger charge is 2.31. The molecule has 3 aliphatic rings. The van der Waals surface area contributed by atoms with Crippen molar-refractivity contribution in [3.05, 3.63) is 22.4 Å². The molecule has 2 bridgehead atoms. The first-order valence-corrected chi connectivity index (χ1v) is 9.13. The molecule has 4 heterocycles. The summed E-state index contributed by atoms with van der Waals surface area (Å²) in [5.41, 5.74) is 1.40. The molecule has 0 saturated carbocycles. The van der Waals surface area contributed by atoms with Crippen LogP contribution in [0.15, 0.2) is 21.8 Å². The van der Waals surface area contributed by atoms with E-state index in [-0.39, 0.29) is 0 Å². The van der Waals surface area contributed by atoms with Gasteiger partial charge >= 0.3 is 0 Å². The smallest absolute Gasteiger partial charge is 0.191 e. The second kappa shape index (κ2) is 7.44. The standard InChI is InChI=1S/C16H27N5S/c1-13(14-3-8-22-12-14)9-18-16(17-2)19-10-15-11-20-4-6-21(15)7-5-20/h3,8,12-13,15H,4-7,9-11H2,1-2H3,(H2,17,18,19). The predicted molar refractivity (Wildman–Crippen MR) is 93.9 cm³/mol. The zero-order chi connectivity index (χ0) is 15.4.